The van der Waals surface area contributed by atoms with Crippen LogP contribution in [0.3, 0.4) is 0 Å². The van der Waals surface area contributed by atoms with Crippen molar-refractivity contribution in [2.45, 2.75) is 19.9 Å². The monoisotopic (exact) mass is 286 g/mol. The molecule has 5 heteroatoms. The summed E-state index contributed by atoms with van der Waals surface area (Å²) in [6.07, 6.45) is 2.57. The van der Waals surface area contributed by atoms with Crippen LogP contribution in [0.4, 0.5) is 0 Å². The Morgan fingerprint density at radius 2 is 2.05 bits per heavy atom. The highest BCUT2D eigenvalue weighted by atomic mass is 16.2. The van der Waals surface area contributed by atoms with Crippen molar-refractivity contribution in [3.05, 3.63) is 53.3 Å². The zero-order valence-electron chi connectivity index (χ0n) is 12.6. The molecule has 0 saturated carbocycles. The summed E-state index contributed by atoms with van der Waals surface area (Å²) >= 11 is 0. The van der Waals surface area contributed by atoms with E-state index in [-0.39, 0.29) is 5.91 Å². The molecule has 5 nitrogen and oxygen atoms in total. The number of amides is 1. The van der Waals surface area contributed by atoms with Crippen molar-refractivity contribution in [1.82, 2.24) is 14.7 Å². The van der Waals surface area contributed by atoms with Gasteiger partial charge in [0.2, 0.25) is 0 Å². The molecule has 0 spiro atoms. The first-order valence-corrected chi connectivity index (χ1v) is 7.15. The molecule has 0 aliphatic carbocycles. The number of carbonyl (C=O) groups excluding carboxylic acids is 1. The fourth-order valence-corrected chi connectivity index (χ4v) is 2.32. The van der Waals surface area contributed by atoms with Crippen LogP contribution < -0.4 is 5.73 Å². The summed E-state index contributed by atoms with van der Waals surface area (Å²) in [5, 5.41) is 4.25. The third kappa shape index (κ3) is 3.92. The molecule has 1 aromatic carbocycles. The van der Waals surface area contributed by atoms with Gasteiger partial charge in [-0.05, 0) is 25.5 Å². The van der Waals surface area contributed by atoms with E-state index >= 15 is 0 Å². The van der Waals surface area contributed by atoms with Gasteiger partial charge in [0.25, 0.3) is 5.91 Å². The fourth-order valence-electron chi connectivity index (χ4n) is 2.32. The van der Waals surface area contributed by atoms with Crippen molar-refractivity contribution < 1.29 is 4.79 Å². The van der Waals surface area contributed by atoms with E-state index in [0.29, 0.717) is 25.2 Å². The normalized spacial score (nSPS) is 10.6. The van der Waals surface area contributed by atoms with Crippen molar-refractivity contribution >= 4 is 5.91 Å². The minimum atomic E-state index is 0.0119. The molecule has 0 unspecified atom stereocenters. The Morgan fingerprint density at radius 1 is 1.33 bits per heavy atom. The second-order valence-corrected chi connectivity index (χ2v) is 5.16. The molecule has 2 aromatic rings. The highest BCUT2D eigenvalue weighted by Crippen LogP contribution is 2.13. The number of hydrogen-bond acceptors (Lipinski definition) is 3. The summed E-state index contributed by atoms with van der Waals surface area (Å²) in [7, 11) is 1.82. The van der Waals surface area contributed by atoms with Crippen LogP contribution in [0.25, 0.3) is 0 Å². The van der Waals surface area contributed by atoms with Crippen LogP contribution in [-0.4, -0.2) is 33.7 Å². The highest BCUT2D eigenvalue weighted by molar-refractivity contribution is 5.95. The van der Waals surface area contributed by atoms with E-state index in [1.54, 1.807) is 10.9 Å². The van der Waals surface area contributed by atoms with E-state index in [0.717, 1.165) is 17.7 Å². The van der Waals surface area contributed by atoms with E-state index in [1.807, 2.05) is 49.2 Å². The molecule has 2 N–H and O–H groups in total. The summed E-state index contributed by atoms with van der Waals surface area (Å²) in [5.41, 5.74) is 8.12. The summed E-state index contributed by atoms with van der Waals surface area (Å²) in [4.78, 5) is 14.6. The number of carbonyl (C=O) groups is 1. The molecule has 0 atom stereocenters. The molecule has 0 bridgehead atoms. The van der Waals surface area contributed by atoms with E-state index in [1.165, 1.54) is 0 Å². The Labute approximate surface area is 125 Å². The number of nitrogens with two attached hydrogens (primary N) is 1. The van der Waals surface area contributed by atoms with Gasteiger partial charge in [0, 0.05) is 26.3 Å². The predicted molar refractivity (Wildman–Crippen MR) is 82.8 cm³/mol. The van der Waals surface area contributed by atoms with Crippen LogP contribution in [0.5, 0.6) is 0 Å². The first kappa shape index (κ1) is 15.3. The molecule has 0 aliphatic rings. The summed E-state index contributed by atoms with van der Waals surface area (Å²) in [6.45, 7) is 3.67. The highest BCUT2D eigenvalue weighted by Gasteiger charge is 2.19. The number of aryl methyl sites for hydroxylation is 2. The van der Waals surface area contributed by atoms with Crippen LogP contribution in [-0.2, 0) is 13.6 Å². The molecular weight excluding hydrogens is 264 g/mol. The molecule has 1 amide bonds. The van der Waals surface area contributed by atoms with E-state index in [9.17, 15) is 4.79 Å². The van der Waals surface area contributed by atoms with Crippen molar-refractivity contribution in [2.24, 2.45) is 12.8 Å². The van der Waals surface area contributed by atoms with Gasteiger partial charge in [-0.25, -0.2) is 0 Å². The van der Waals surface area contributed by atoms with Crippen molar-refractivity contribution in [2.75, 3.05) is 13.1 Å². The smallest absolute Gasteiger partial charge is 0.257 e. The first-order valence-electron chi connectivity index (χ1n) is 7.15. The minimum Gasteiger partial charge on any atom is -0.334 e. The zero-order valence-corrected chi connectivity index (χ0v) is 12.6. The van der Waals surface area contributed by atoms with Crippen molar-refractivity contribution in [3.63, 3.8) is 0 Å². The molecule has 21 heavy (non-hydrogen) atoms. The standard InChI is InChI=1S/C16H22N4O/c1-13-15(12-19(2)18-13)16(21)20(10-6-9-17)11-14-7-4-3-5-8-14/h3-5,7-8,12H,6,9-11,17H2,1-2H3. The minimum absolute atomic E-state index is 0.0119. The number of hydrogen-bond donors (Lipinski definition) is 1. The lowest BCUT2D eigenvalue weighted by atomic mass is 10.1. The van der Waals surface area contributed by atoms with Crippen molar-refractivity contribution in [3.8, 4) is 0 Å². The molecule has 0 radical (unpaired) electrons. The van der Waals surface area contributed by atoms with Crippen LogP contribution >= 0.6 is 0 Å². The second-order valence-electron chi connectivity index (χ2n) is 5.16. The lowest BCUT2D eigenvalue weighted by molar-refractivity contribution is 0.0741. The molecule has 0 fully saturated rings. The quantitative estimate of drug-likeness (QED) is 0.879. The van der Waals surface area contributed by atoms with Gasteiger partial charge in [-0.15, -0.1) is 0 Å². The van der Waals surface area contributed by atoms with Gasteiger partial charge in [-0.1, -0.05) is 30.3 Å². The third-order valence-electron chi connectivity index (χ3n) is 3.38. The Hall–Kier alpha value is -2.14. The van der Waals surface area contributed by atoms with Crippen LogP contribution in [0.15, 0.2) is 36.5 Å². The molecule has 1 aromatic heterocycles. The van der Waals surface area contributed by atoms with E-state index in [4.69, 9.17) is 5.73 Å². The maximum absolute atomic E-state index is 12.7. The van der Waals surface area contributed by atoms with E-state index in [2.05, 4.69) is 5.10 Å². The average molecular weight is 286 g/mol. The zero-order chi connectivity index (χ0) is 15.2. The van der Waals surface area contributed by atoms with Gasteiger partial charge in [-0.2, -0.15) is 5.10 Å². The van der Waals surface area contributed by atoms with E-state index < -0.39 is 0 Å². The lowest BCUT2D eigenvalue weighted by Gasteiger charge is -2.22. The van der Waals surface area contributed by atoms with Crippen molar-refractivity contribution in [1.29, 1.82) is 0 Å². The van der Waals surface area contributed by atoms with Gasteiger partial charge < -0.3 is 10.6 Å². The lowest BCUT2D eigenvalue weighted by Crippen LogP contribution is -2.32. The molecule has 1 heterocycles. The topological polar surface area (TPSA) is 64.2 Å². The van der Waals surface area contributed by atoms with Crippen LogP contribution in [0, 0.1) is 6.92 Å². The van der Waals surface area contributed by atoms with Crippen LogP contribution in [0.2, 0.25) is 0 Å². The number of aromatic nitrogens is 2. The Balaban J connectivity index is 2.19. The second kappa shape index (κ2) is 7.04. The Morgan fingerprint density at radius 3 is 2.62 bits per heavy atom. The number of nitrogens with zero attached hydrogens (tertiary/aromatic N) is 3. The third-order valence-corrected chi connectivity index (χ3v) is 3.38. The molecule has 0 saturated heterocycles. The fraction of sp³-hybridized carbons (Fsp3) is 0.375. The van der Waals surface area contributed by atoms with Gasteiger partial charge in [0.1, 0.15) is 0 Å². The Bertz CT molecular complexity index is 592. The SMILES string of the molecule is Cc1nn(C)cc1C(=O)N(CCCN)Cc1ccccc1. The molecule has 0 aliphatic heterocycles. The predicted octanol–water partition coefficient (Wildman–Crippen LogP) is 1.72. The average Bonchev–Trinajstić information content (AvgIpc) is 2.82. The summed E-state index contributed by atoms with van der Waals surface area (Å²) < 4.78 is 1.67. The summed E-state index contributed by atoms with van der Waals surface area (Å²) in [6, 6.07) is 9.99. The molecule has 2 rings (SSSR count). The molecular formula is C16H22N4O. The Kier molecular flexibility index (Phi) is 5.11. The first-order chi connectivity index (χ1) is 10.1. The van der Waals surface area contributed by atoms with Gasteiger partial charge in [0.15, 0.2) is 0 Å². The summed E-state index contributed by atoms with van der Waals surface area (Å²) in [5.74, 6) is 0.0119. The largest absolute Gasteiger partial charge is 0.334 e. The number of benzene rings is 1. The van der Waals surface area contributed by atoms with Gasteiger partial charge >= 0.3 is 0 Å². The molecule has 112 valence electrons. The van der Waals surface area contributed by atoms with Gasteiger partial charge in [0.05, 0.1) is 11.3 Å². The maximum atomic E-state index is 12.7. The maximum Gasteiger partial charge on any atom is 0.257 e. The van der Waals surface area contributed by atoms with Gasteiger partial charge in [-0.3, -0.25) is 9.48 Å². The van der Waals surface area contributed by atoms with Crippen LogP contribution in [0.1, 0.15) is 28.0 Å². The number of rotatable bonds is 6.